The number of anilines is 1. The van der Waals surface area contributed by atoms with Crippen molar-refractivity contribution < 1.29 is 9.53 Å². The zero-order valence-corrected chi connectivity index (χ0v) is 14.2. The van der Waals surface area contributed by atoms with Gasteiger partial charge < -0.3 is 10.1 Å². The number of carbonyl (C=O) groups is 1. The van der Waals surface area contributed by atoms with E-state index in [1.165, 1.54) is 0 Å². The number of nitrogens with one attached hydrogen (secondary N) is 1. The summed E-state index contributed by atoms with van der Waals surface area (Å²) >= 11 is 0. The smallest absolute Gasteiger partial charge is 0.228 e. The lowest BCUT2D eigenvalue weighted by Crippen LogP contribution is -2.15. The molecule has 125 valence electrons. The van der Waals surface area contributed by atoms with Crippen LogP contribution in [0.3, 0.4) is 0 Å². The Balaban J connectivity index is 1.70. The minimum absolute atomic E-state index is 0.0261. The van der Waals surface area contributed by atoms with E-state index < -0.39 is 0 Å². The number of ether oxygens (including phenoxy) is 1. The Morgan fingerprint density at radius 2 is 1.72 bits per heavy atom. The molecule has 0 fully saturated rings. The predicted octanol–water partition coefficient (Wildman–Crippen LogP) is 4.27. The molecule has 0 aliphatic carbocycles. The number of rotatable bonds is 6. The number of hydrogen-bond donors (Lipinski definition) is 1. The normalized spacial score (nSPS) is 10.3. The van der Waals surface area contributed by atoms with Crippen LogP contribution in [0.15, 0.2) is 72.8 Å². The second-order valence-electron chi connectivity index (χ2n) is 5.80. The van der Waals surface area contributed by atoms with Crippen molar-refractivity contribution in [1.82, 2.24) is 0 Å². The molecule has 1 N–H and O–H groups in total. The Hall–Kier alpha value is -3.07. The average Bonchev–Trinajstić information content (AvgIpc) is 2.65. The minimum atomic E-state index is -0.0261. The number of amides is 1. The highest BCUT2D eigenvalue weighted by Crippen LogP contribution is 2.20. The van der Waals surface area contributed by atoms with E-state index in [1.807, 2.05) is 72.8 Å². The fourth-order valence-electron chi connectivity index (χ4n) is 2.66. The molecule has 3 aromatic carbocycles. The molecule has 0 atom stereocenters. The van der Waals surface area contributed by atoms with Gasteiger partial charge in [0, 0.05) is 12.1 Å². The van der Waals surface area contributed by atoms with Crippen LogP contribution < -0.4 is 10.1 Å². The van der Waals surface area contributed by atoms with E-state index >= 15 is 0 Å². The van der Waals surface area contributed by atoms with Gasteiger partial charge in [0.05, 0.1) is 13.5 Å². The number of methoxy groups -OCH3 is 1. The Labute approximate surface area is 148 Å². The molecular weight excluding hydrogens is 310 g/mol. The maximum Gasteiger partial charge on any atom is 0.228 e. The Morgan fingerprint density at radius 3 is 2.44 bits per heavy atom. The van der Waals surface area contributed by atoms with Crippen molar-refractivity contribution in [3.8, 4) is 5.75 Å². The third-order valence-corrected chi connectivity index (χ3v) is 3.96. The summed E-state index contributed by atoms with van der Waals surface area (Å²) in [6.45, 7) is 0. The SMILES string of the molecule is COc1ccc(Cc2[c]cccc2NC(=O)Cc2ccccc2)cc1. The van der Waals surface area contributed by atoms with Crippen molar-refractivity contribution >= 4 is 11.6 Å². The molecule has 0 spiro atoms. The zero-order chi connectivity index (χ0) is 17.5. The molecule has 0 unspecified atom stereocenters. The van der Waals surface area contributed by atoms with Gasteiger partial charge >= 0.3 is 0 Å². The molecule has 0 aliphatic rings. The topological polar surface area (TPSA) is 38.3 Å². The molecular formula is C22H20NO2. The van der Waals surface area contributed by atoms with Crippen molar-refractivity contribution in [2.75, 3.05) is 12.4 Å². The van der Waals surface area contributed by atoms with Crippen LogP contribution >= 0.6 is 0 Å². The molecule has 3 nitrogen and oxygen atoms in total. The first kappa shape index (κ1) is 16.8. The van der Waals surface area contributed by atoms with E-state index in [1.54, 1.807) is 7.11 Å². The van der Waals surface area contributed by atoms with Gasteiger partial charge in [-0.2, -0.15) is 0 Å². The van der Waals surface area contributed by atoms with E-state index in [0.717, 1.165) is 28.1 Å². The summed E-state index contributed by atoms with van der Waals surface area (Å²) in [5.41, 5.74) is 3.91. The van der Waals surface area contributed by atoms with Crippen LogP contribution in [0.2, 0.25) is 0 Å². The lowest BCUT2D eigenvalue weighted by molar-refractivity contribution is -0.115. The van der Waals surface area contributed by atoms with Crippen LogP contribution in [-0.2, 0) is 17.6 Å². The fraction of sp³-hybridized carbons (Fsp3) is 0.136. The van der Waals surface area contributed by atoms with Crippen LogP contribution in [0.25, 0.3) is 0 Å². The van der Waals surface area contributed by atoms with E-state index in [4.69, 9.17) is 4.74 Å². The van der Waals surface area contributed by atoms with Crippen LogP contribution in [0, 0.1) is 6.07 Å². The van der Waals surface area contributed by atoms with Crippen molar-refractivity contribution in [2.45, 2.75) is 12.8 Å². The van der Waals surface area contributed by atoms with Gasteiger partial charge in [-0.1, -0.05) is 54.6 Å². The highest BCUT2D eigenvalue weighted by molar-refractivity contribution is 5.93. The minimum Gasteiger partial charge on any atom is -0.497 e. The lowest BCUT2D eigenvalue weighted by Gasteiger charge is -2.11. The first-order chi connectivity index (χ1) is 12.2. The van der Waals surface area contributed by atoms with Gasteiger partial charge in [-0.05, 0) is 41.0 Å². The first-order valence-electron chi connectivity index (χ1n) is 8.21. The van der Waals surface area contributed by atoms with Gasteiger partial charge in [-0.25, -0.2) is 0 Å². The monoisotopic (exact) mass is 330 g/mol. The van der Waals surface area contributed by atoms with Gasteiger partial charge in [0.25, 0.3) is 0 Å². The fourth-order valence-corrected chi connectivity index (χ4v) is 2.66. The van der Waals surface area contributed by atoms with Crippen molar-refractivity contribution in [2.24, 2.45) is 0 Å². The second kappa shape index (κ2) is 8.15. The molecule has 0 heterocycles. The molecule has 0 aromatic heterocycles. The average molecular weight is 330 g/mol. The van der Waals surface area contributed by atoms with E-state index in [-0.39, 0.29) is 5.91 Å². The number of hydrogen-bond acceptors (Lipinski definition) is 2. The lowest BCUT2D eigenvalue weighted by atomic mass is 10.0. The number of carbonyl (C=O) groups excluding carboxylic acids is 1. The Kier molecular flexibility index (Phi) is 5.47. The third kappa shape index (κ3) is 4.70. The molecule has 0 aliphatic heterocycles. The summed E-state index contributed by atoms with van der Waals surface area (Å²) in [5.74, 6) is 0.805. The Bertz CT molecular complexity index is 826. The Morgan fingerprint density at radius 1 is 0.960 bits per heavy atom. The molecule has 0 bridgehead atoms. The summed E-state index contributed by atoms with van der Waals surface area (Å²) in [6.07, 6.45) is 1.06. The van der Waals surface area contributed by atoms with Crippen LogP contribution in [0.5, 0.6) is 5.75 Å². The maximum absolute atomic E-state index is 12.3. The summed E-state index contributed by atoms with van der Waals surface area (Å²) in [4.78, 5) is 12.3. The molecule has 25 heavy (non-hydrogen) atoms. The van der Waals surface area contributed by atoms with Crippen LogP contribution in [0.4, 0.5) is 5.69 Å². The van der Waals surface area contributed by atoms with Gasteiger partial charge in [0.2, 0.25) is 5.91 Å². The van der Waals surface area contributed by atoms with Gasteiger partial charge in [0.1, 0.15) is 5.75 Å². The molecule has 0 saturated heterocycles. The standard InChI is InChI=1S/C22H20NO2/c1-25-20-13-11-18(12-14-20)15-19-9-5-6-10-21(19)23-22(24)16-17-7-3-2-4-8-17/h2-8,10-14H,15-16H2,1H3,(H,23,24). The van der Waals surface area contributed by atoms with Crippen LogP contribution in [0.1, 0.15) is 16.7 Å². The van der Waals surface area contributed by atoms with Crippen molar-refractivity contribution in [3.05, 3.63) is 95.6 Å². The van der Waals surface area contributed by atoms with Gasteiger partial charge in [-0.15, -0.1) is 0 Å². The van der Waals surface area contributed by atoms with Crippen LogP contribution in [-0.4, -0.2) is 13.0 Å². The van der Waals surface area contributed by atoms with Gasteiger partial charge in [-0.3, -0.25) is 4.79 Å². The summed E-state index contributed by atoms with van der Waals surface area (Å²) in [7, 11) is 1.65. The summed E-state index contributed by atoms with van der Waals surface area (Å²) in [6, 6.07) is 26.6. The molecule has 1 radical (unpaired) electrons. The first-order valence-corrected chi connectivity index (χ1v) is 8.21. The van der Waals surface area contributed by atoms with E-state index in [9.17, 15) is 4.79 Å². The van der Waals surface area contributed by atoms with Gasteiger partial charge in [0.15, 0.2) is 0 Å². The molecule has 0 saturated carbocycles. The highest BCUT2D eigenvalue weighted by Gasteiger charge is 2.08. The largest absolute Gasteiger partial charge is 0.497 e. The third-order valence-electron chi connectivity index (χ3n) is 3.96. The van der Waals surface area contributed by atoms with Crippen molar-refractivity contribution in [3.63, 3.8) is 0 Å². The van der Waals surface area contributed by atoms with E-state index in [2.05, 4.69) is 11.4 Å². The second-order valence-corrected chi connectivity index (χ2v) is 5.80. The molecule has 3 aromatic rings. The molecule has 3 heteroatoms. The predicted molar refractivity (Wildman–Crippen MR) is 99.9 cm³/mol. The highest BCUT2D eigenvalue weighted by atomic mass is 16.5. The summed E-state index contributed by atoms with van der Waals surface area (Å²) in [5, 5.41) is 3.01. The molecule has 1 amide bonds. The summed E-state index contributed by atoms with van der Waals surface area (Å²) < 4.78 is 5.19. The maximum atomic E-state index is 12.3. The van der Waals surface area contributed by atoms with E-state index in [0.29, 0.717) is 12.8 Å². The number of benzene rings is 3. The van der Waals surface area contributed by atoms with Crippen molar-refractivity contribution in [1.29, 1.82) is 0 Å². The molecule has 3 rings (SSSR count). The quantitative estimate of drug-likeness (QED) is 0.733. The zero-order valence-electron chi connectivity index (χ0n) is 14.2.